The van der Waals surface area contributed by atoms with Gasteiger partial charge < -0.3 is 5.32 Å². The third kappa shape index (κ3) is 4.11. The second-order valence-corrected chi connectivity index (χ2v) is 6.63. The van der Waals surface area contributed by atoms with Gasteiger partial charge in [0, 0.05) is 12.8 Å². The monoisotopic (exact) mass is 301 g/mol. The summed E-state index contributed by atoms with van der Waals surface area (Å²) < 4.78 is 0. The smallest absolute Gasteiger partial charge is 0.226 e. The lowest BCUT2D eigenvalue weighted by Gasteiger charge is -2.06. The third-order valence-electron chi connectivity index (χ3n) is 3.86. The summed E-state index contributed by atoms with van der Waals surface area (Å²) >= 11 is 1.46. The number of nitrogens with one attached hydrogen (secondary N) is 1. The minimum Gasteiger partial charge on any atom is -0.301 e. The number of hydrogen-bond acceptors (Lipinski definition) is 4. The van der Waals surface area contributed by atoms with E-state index in [1.807, 2.05) is 18.2 Å². The largest absolute Gasteiger partial charge is 0.301 e. The Labute approximate surface area is 128 Å². The summed E-state index contributed by atoms with van der Waals surface area (Å²) in [7, 11) is 0. The Morgan fingerprint density at radius 1 is 1.19 bits per heavy atom. The van der Waals surface area contributed by atoms with Gasteiger partial charge in [-0.15, -0.1) is 10.2 Å². The van der Waals surface area contributed by atoms with Crippen LogP contribution in [-0.2, 0) is 11.2 Å². The van der Waals surface area contributed by atoms with Gasteiger partial charge in [-0.1, -0.05) is 54.5 Å². The summed E-state index contributed by atoms with van der Waals surface area (Å²) in [5.41, 5.74) is 1.21. The fraction of sp³-hybridized carbons (Fsp3) is 0.438. The Hall–Kier alpha value is -1.75. The standard InChI is InChI=1S/C16H19N3OS/c20-14(10-12-8-4-5-9-12)17-16-19-18-15(21-16)11-13-6-2-1-3-7-13/h1-3,6-7,12H,4-5,8-11H2,(H,17,19,20). The number of amides is 1. The summed E-state index contributed by atoms with van der Waals surface area (Å²) in [6, 6.07) is 10.2. The number of aromatic nitrogens is 2. The van der Waals surface area contributed by atoms with Crippen LogP contribution >= 0.6 is 11.3 Å². The molecule has 0 atom stereocenters. The van der Waals surface area contributed by atoms with Crippen LogP contribution in [0, 0.1) is 5.92 Å². The van der Waals surface area contributed by atoms with Crippen LogP contribution in [0.2, 0.25) is 0 Å². The van der Waals surface area contributed by atoms with Crippen molar-refractivity contribution >= 4 is 22.4 Å². The average molecular weight is 301 g/mol. The molecule has 1 saturated carbocycles. The Morgan fingerprint density at radius 3 is 2.71 bits per heavy atom. The molecule has 0 bridgehead atoms. The predicted molar refractivity (Wildman–Crippen MR) is 84.4 cm³/mol. The highest BCUT2D eigenvalue weighted by Gasteiger charge is 2.19. The van der Waals surface area contributed by atoms with E-state index in [1.165, 1.54) is 42.6 Å². The van der Waals surface area contributed by atoms with Crippen molar-refractivity contribution in [3.8, 4) is 0 Å². The van der Waals surface area contributed by atoms with Crippen LogP contribution in [0.3, 0.4) is 0 Å². The number of carbonyl (C=O) groups excluding carboxylic acids is 1. The molecule has 1 heterocycles. The minimum absolute atomic E-state index is 0.0734. The Morgan fingerprint density at radius 2 is 1.95 bits per heavy atom. The fourth-order valence-corrected chi connectivity index (χ4v) is 3.58. The molecule has 0 unspecified atom stereocenters. The molecule has 1 fully saturated rings. The summed E-state index contributed by atoms with van der Waals surface area (Å²) in [4.78, 5) is 12.0. The van der Waals surface area contributed by atoms with Gasteiger partial charge in [0.1, 0.15) is 5.01 Å². The van der Waals surface area contributed by atoms with Gasteiger partial charge in [-0.3, -0.25) is 4.79 Å². The quantitative estimate of drug-likeness (QED) is 0.917. The lowest BCUT2D eigenvalue weighted by atomic mass is 10.0. The first kappa shape index (κ1) is 14.2. The normalized spacial score (nSPS) is 15.2. The van der Waals surface area contributed by atoms with Gasteiger partial charge in [-0.2, -0.15) is 0 Å². The molecule has 0 saturated heterocycles. The van der Waals surface area contributed by atoms with Gasteiger partial charge in [-0.25, -0.2) is 0 Å². The van der Waals surface area contributed by atoms with Gasteiger partial charge in [0.25, 0.3) is 0 Å². The molecule has 1 aliphatic carbocycles. The Bertz CT molecular complexity index is 591. The fourth-order valence-electron chi connectivity index (χ4n) is 2.79. The van der Waals surface area contributed by atoms with Crippen molar-refractivity contribution in [1.29, 1.82) is 0 Å². The van der Waals surface area contributed by atoms with Crippen molar-refractivity contribution in [1.82, 2.24) is 10.2 Å². The van der Waals surface area contributed by atoms with Crippen molar-refractivity contribution in [3.05, 3.63) is 40.9 Å². The number of carbonyl (C=O) groups is 1. The van der Waals surface area contributed by atoms with E-state index in [0.29, 0.717) is 17.5 Å². The first-order chi connectivity index (χ1) is 10.3. The molecule has 0 spiro atoms. The molecule has 3 rings (SSSR count). The highest BCUT2D eigenvalue weighted by molar-refractivity contribution is 7.15. The highest BCUT2D eigenvalue weighted by atomic mass is 32.1. The van der Waals surface area contributed by atoms with E-state index in [9.17, 15) is 4.79 Å². The molecule has 21 heavy (non-hydrogen) atoms. The maximum absolute atomic E-state index is 12.0. The van der Waals surface area contributed by atoms with Crippen LogP contribution in [0.15, 0.2) is 30.3 Å². The van der Waals surface area contributed by atoms with Crippen LogP contribution in [0.25, 0.3) is 0 Å². The summed E-state index contributed by atoms with van der Waals surface area (Å²) in [6.45, 7) is 0. The molecule has 2 aromatic rings. The van der Waals surface area contributed by atoms with Crippen LogP contribution in [0.5, 0.6) is 0 Å². The highest BCUT2D eigenvalue weighted by Crippen LogP contribution is 2.28. The van der Waals surface area contributed by atoms with Gasteiger partial charge in [0.2, 0.25) is 11.0 Å². The third-order valence-corrected chi connectivity index (χ3v) is 4.70. The van der Waals surface area contributed by atoms with E-state index in [0.717, 1.165) is 11.4 Å². The molecular weight excluding hydrogens is 282 g/mol. The maximum atomic E-state index is 12.0. The minimum atomic E-state index is 0.0734. The van der Waals surface area contributed by atoms with Gasteiger partial charge in [-0.05, 0) is 24.3 Å². The molecule has 5 heteroatoms. The van der Waals surface area contributed by atoms with Crippen LogP contribution in [0.1, 0.15) is 42.7 Å². The van der Waals surface area contributed by atoms with Crippen molar-refractivity contribution in [2.45, 2.75) is 38.5 Å². The topological polar surface area (TPSA) is 54.9 Å². The molecule has 1 aliphatic rings. The molecular formula is C16H19N3OS. The van der Waals surface area contributed by atoms with Crippen LogP contribution in [0.4, 0.5) is 5.13 Å². The van der Waals surface area contributed by atoms with Crippen molar-refractivity contribution in [2.24, 2.45) is 5.92 Å². The van der Waals surface area contributed by atoms with Crippen molar-refractivity contribution in [3.63, 3.8) is 0 Å². The first-order valence-corrected chi connectivity index (χ1v) is 8.27. The molecule has 1 aromatic heterocycles. The van der Waals surface area contributed by atoms with Crippen molar-refractivity contribution in [2.75, 3.05) is 5.32 Å². The van der Waals surface area contributed by atoms with E-state index in [1.54, 1.807) is 0 Å². The van der Waals surface area contributed by atoms with Crippen LogP contribution in [-0.4, -0.2) is 16.1 Å². The molecule has 0 radical (unpaired) electrons. The molecule has 4 nitrogen and oxygen atoms in total. The first-order valence-electron chi connectivity index (χ1n) is 7.46. The average Bonchev–Trinajstić information content (AvgIpc) is 3.12. The van der Waals surface area contributed by atoms with Gasteiger partial charge in [0.15, 0.2) is 0 Å². The summed E-state index contributed by atoms with van der Waals surface area (Å²) in [5, 5.41) is 12.6. The molecule has 1 N–H and O–H groups in total. The number of nitrogens with zero attached hydrogens (tertiary/aromatic N) is 2. The number of hydrogen-bond donors (Lipinski definition) is 1. The maximum Gasteiger partial charge on any atom is 0.226 e. The molecule has 110 valence electrons. The van der Waals surface area contributed by atoms with E-state index in [2.05, 4.69) is 27.6 Å². The molecule has 1 aromatic carbocycles. The Kier molecular flexibility index (Phi) is 4.60. The zero-order valence-corrected chi connectivity index (χ0v) is 12.7. The zero-order valence-electron chi connectivity index (χ0n) is 11.9. The number of anilines is 1. The second-order valence-electron chi connectivity index (χ2n) is 5.57. The lowest BCUT2D eigenvalue weighted by molar-refractivity contribution is -0.117. The predicted octanol–water partition coefficient (Wildman–Crippen LogP) is 3.65. The van der Waals surface area contributed by atoms with E-state index in [-0.39, 0.29) is 5.91 Å². The molecule has 0 aliphatic heterocycles. The number of benzene rings is 1. The zero-order chi connectivity index (χ0) is 14.5. The van der Waals surface area contributed by atoms with Gasteiger partial charge in [0.05, 0.1) is 0 Å². The van der Waals surface area contributed by atoms with E-state index < -0.39 is 0 Å². The van der Waals surface area contributed by atoms with E-state index >= 15 is 0 Å². The summed E-state index contributed by atoms with van der Waals surface area (Å²) in [6.07, 6.45) is 6.27. The SMILES string of the molecule is O=C(CC1CCCC1)Nc1nnc(Cc2ccccc2)s1. The van der Waals surface area contributed by atoms with Gasteiger partial charge >= 0.3 is 0 Å². The number of rotatable bonds is 5. The summed E-state index contributed by atoms with van der Waals surface area (Å²) in [5.74, 6) is 0.631. The second kappa shape index (κ2) is 6.80. The molecule has 1 amide bonds. The Balaban J connectivity index is 1.53. The van der Waals surface area contributed by atoms with E-state index in [4.69, 9.17) is 0 Å². The van der Waals surface area contributed by atoms with Crippen molar-refractivity contribution < 1.29 is 4.79 Å². The lowest BCUT2D eigenvalue weighted by Crippen LogP contribution is -2.14. The van der Waals surface area contributed by atoms with Crippen LogP contribution < -0.4 is 5.32 Å².